The van der Waals surface area contributed by atoms with Gasteiger partial charge < -0.3 is 24.3 Å². The van der Waals surface area contributed by atoms with E-state index >= 15 is 0 Å². The fraction of sp³-hybridized carbons (Fsp3) is 0.286. The molecule has 3 rings (SSSR count). The number of aromatic amines is 1. The number of benzene rings is 2. The van der Waals surface area contributed by atoms with Crippen LogP contribution < -0.4 is 25.9 Å². The van der Waals surface area contributed by atoms with Crippen molar-refractivity contribution in [1.82, 2.24) is 9.55 Å². The highest BCUT2D eigenvalue weighted by atomic mass is 16.5. The predicted octanol–water partition coefficient (Wildman–Crippen LogP) is 2.76. The summed E-state index contributed by atoms with van der Waals surface area (Å²) in [5.74, 6) is 0.795. The minimum absolute atomic E-state index is 0.348. The van der Waals surface area contributed by atoms with Gasteiger partial charge in [0.25, 0.3) is 5.91 Å². The number of carbonyl (C=O) groups is 1. The molecule has 0 aliphatic rings. The number of aromatic nitrogens is 2. The maximum Gasteiger partial charge on any atom is 0.316 e. The van der Waals surface area contributed by atoms with Gasteiger partial charge in [0.05, 0.1) is 24.2 Å². The molecule has 152 valence electrons. The maximum atomic E-state index is 12.7. The van der Waals surface area contributed by atoms with Crippen molar-refractivity contribution >= 4 is 22.6 Å². The molecule has 29 heavy (non-hydrogen) atoms. The second-order valence-electron chi connectivity index (χ2n) is 6.22. The molecule has 0 saturated carbocycles. The highest BCUT2D eigenvalue weighted by molar-refractivity contribution is 6.06. The number of fused-ring (bicyclic) bond motifs is 1. The van der Waals surface area contributed by atoms with Crippen molar-refractivity contribution in [3.63, 3.8) is 0 Å². The van der Waals surface area contributed by atoms with E-state index in [0.717, 1.165) is 0 Å². The van der Waals surface area contributed by atoms with Crippen LogP contribution in [0.25, 0.3) is 11.0 Å². The van der Waals surface area contributed by atoms with Gasteiger partial charge in [0.1, 0.15) is 0 Å². The molecule has 0 aliphatic carbocycles. The zero-order chi connectivity index (χ0) is 21.0. The van der Waals surface area contributed by atoms with E-state index in [1.165, 1.54) is 4.57 Å². The molecule has 1 heterocycles. The number of anilines is 1. The molecular weight excluding hydrogens is 374 g/mol. The highest BCUT2D eigenvalue weighted by Gasteiger charge is 2.13. The van der Waals surface area contributed by atoms with Crippen LogP contribution in [0.15, 0.2) is 46.0 Å². The Morgan fingerprint density at radius 1 is 1.00 bits per heavy atom. The van der Waals surface area contributed by atoms with Crippen LogP contribution in [0.5, 0.6) is 11.5 Å². The van der Waals surface area contributed by atoms with Crippen LogP contribution in [-0.4, -0.2) is 28.7 Å². The second kappa shape index (κ2) is 8.64. The Morgan fingerprint density at radius 2 is 1.72 bits per heavy atom. The summed E-state index contributed by atoms with van der Waals surface area (Å²) in [5.41, 5.74) is 0.550. The van der Waals surface area contributed by atoms with Crippen LogP contribution in [0.3, 0.4) is 0 Å². The first kappa shape index (κ1) is 20.2. The Hall–Kier alpha value is -3.55. The number of nitrogens with zero attached hydrogens (tertiary/aromatic N) is 1. The largest absolute Gasteiger partial charge is 0.490 e. The van der Waals surface area contributed by atoms with Crippen LogP contribution in [0.4, 0.5) is 5.69 Å². The van der Waals surface area contributed by atoms with Crippen molar-refractivity contribution in [1.29, 1.82) is 0 Å². The SMILES string of the molecule is CCOc1ccc(NC(=O)c2ccc3c(c2)[nH]c(=O)c(=O)n3CC)cc1OCC. The predicted molar refractivity (Wildman–Crippen MR) is 111 cm³/mol. The van der Waals surface area contributed by atoms with Crippen molar-refractivity contribution in [2.75, 3.05) is 18.5 Å². The molecule has 8 heteroatoms. The number of amides is 1. The Balaban J connectivity index is 1.92. The standard InChI is InChI=1S/C21H23N3O5/c1-4-24-16-9-7-13(11-15(16)23-20(26)21(24)27)19(25)22-14-8-10-17(28-5-2)18(12-14)29-6-3/h7-12H,4-6H2,1-3H3,(H,22,25)(H,23,26). The Bertz CT molecular complexity index is 1160. The van der Waals surface area contributed by atoms with Gasteiger partial charge in [-0.15, -0.1) is 0 Å². The van der Waals surface area contributed by atoms with E-state index in [1.807, 2.05) is 13.8 Å². The monoisotopic (exact) mass is 397 g/mol. The first-order valence-electron chi connectivity index (χ1n) is 9.46. The molecule has 1 amide bonds. The van der Waals surface area contributed by atoms with E-state index in [9.17, 15) is 14.4 Å². The molecular formula is C21H23N3O5. The third kappa shape index (κ3) is 4.16. The number of H-pyrrole nitrogens is 1. The first-order valence-corrected chi connectivity index (χ1v) is 9.46. The average Bonchev–Trinajstić information content (AvgIpc) is 2.71. The van der Waals surface area contributed by atoms with Gasteiger partial charge in [-0.05, 0) is 51.1 Å². The molecule has 0 unspecified atom stereocenters. The fourth-order valence-corrected chi connectivity index (χ4v) is 3.07. The lowest BCUT2D eigenvalue weighted by Gasteiger charge is -2.13. The smallest absolute Gasteiger partial charge is 0.316 e. The van der Waals surface area contributed by atoms with Gasteiger partial charge in [0.2, 0.25) is 0 Å². The third-order valence-electron chi connectivity index (χ3n) is 4.35. The number of aryl methyl sites for hydroxylation is 1. The average molecular weight is 397 g/mol. The van der Waals surface area contributed by atoms with E-state index in [4.69, 9.17) is 9.47 Å². The van der Waals surface area contributed by atoms with Crippen LogP contribution in [0, 0.1) is 0 Å². The summed E-state index contributed by atoms with van der Waals surface area (Å²) < 4.78 is 12.5. The van der Waals surface area contributed by atoms with Crippen LogP contribution in [0.2, 0.25) is 0 Å². The summed E-state index contributed by atoms with van der Waals surface area (Å²) in [5, 5.41) is 2.81. The zero-order valence-electron chi connectivity index (χ0n) is 16.6. The molecule has 0 saturated heterocycles. The van der Waals surface area contributed by atoms with Crippen molar-refractivity contribution in [2.24, 2.45) is 0 Å². The fourth-order valence-electron chi connectivity index (χ4n) is 3.07. The van der Waals surface area contributed by atoms with Gasteiger partial charge >= 0.3 is 11.1 Å². The Kier molecular flexibility index (Phi) is 6.01. The number of nitrogens with one attached hydrogen (secondary N) is 2. The van der Waals surface area contributed by atoms with Crippen molar-refractivity contribution in [2.45, 2.75) is 27.3 Å². The quantitative estimate of drug-likeness (QED) is 0.597. The van der Waals surface area contributed by atoms with Crippen LogP contribution in [-0.2, 0) is 6.54 Å². The number of carbonyl (C=O) groups excluding carboxylic acids is 1. The summed E-state index contributed by atoms with van der Waals surface area (Å²) >= 11 is 0. The molecule has 0 bridgehead atoms. The molecule has 2 N–H and O–H groups in total. The Labute approximate surface area is 167 Å². The molecule has 0 fully saturated rings. The summed E-state index contributed by atoms with van der Waals surface area (Å²) in [6, 6.07) is 9.97. The molecule has 0 aliphatic heterocycles. The summed E-state index contributed by atoms with van der Waals surface area (Å²) in [6.07, 6.45) is 0. The van der Waals surface area contributed by atoms with Crippen molar-refractivity contribution in [3.8, 4) is 11.5 Å². The lowest BCUT2D eigenvalue weighted by Crippen LogP contribution is -2.36. The van der Waals surface area contributed by atoms with Crippen LogP contribution in [0.1, 0.15) is 31.1 Å². The van der Waals surface area contributed by atoms with E-state index in [0.29, 0.717) is 53.5 Å². The van der Waals surface area contributed by atoms with E-state index in [1.54, 1.807) is 43.3 Å². The molecule has 0 radical (unpaired) electrons. The number of ether oxygens (including phenoxy) is 2. The summed E-state index contributed by atoms with van der Waals surface area (Å²) in [7, 11) is 0. The van der Waals surface area contributed by atoms with Gasteiger partial charge in [-0.1, -0.05) is 0 Å². The highest BCUT2D eigenvalue weighted by Crippen LogP contribution is 2.30. The van der Waals surface area contributed by atoms with Gasteiger partial charge in [-0.3, -0.25) is 14.4 Å². The summed E-state index contributed by atoms with van der Waals surface area (Å²) in [4.78, 5) is 39.0. The molecule has 8 nitrogen and oxygen atoms in total. The van der Waals surface area contributed by atoms with Gasteiger partial charge in [-0.2, -0.15) is 0 Å². The molecule has 1 aromatic heterocycles. The molecule has 2 aromatic carbocycles. The molecule has 0 atom stereocenters. The number of hydrogen-bond donors (Lipinski definition) is 2. The zero-order valence-corrected chi connectivity index (χ0v) is 16.6. The Morgan fingerprint density at radius 3 is 2.41 bits per heavy atom. The van der Waals surface area contributed by atoms with Crippen LogP contribution >= 0.6 is 0 Å². The second-order valence-corrected chi connectivity index (χ2v) is 6.22. The maximum absolute atomic E-state index is 12.7. The summed E-state index contributed by atoms with van der Waals surface area (Å²) in [6.45, 7) is 6.86. The number of rotatable bonds is 7. The minimum atomic E-state index is -0.718. The first-order chi connectivity index (χ1) is 14.0. The number of hydrogen-bond acceptors (Lipinski definition) is 5. The van der Waals surface area contributed by atoms with Crippen molar-refractivity contribution < 1.29 is 14.3 Å². The van der Waals surface area contributed by atoms with Crippen molar-refractivity contribution in [3.05, 3.63) is 62.7 Å². The normalized spacial score (nSPS) is 10.7. The molecule has 0 spiro atoms. The van der Waals surface area contributed by atoms with E-state index in [-0.39, 0.29) is 5.91 Å². The van der Waals surface area contributed by atoms with E-state index < -0.39 is 11.1 Å². The minimum Gasteiger partial charge on any atom is -0.490 e. The van der Waals surface area contributed by atoms with Gasteiger partial charge in [0, 0.05) is 23.9 Å². The molecule has 3 aromatic rings. The van der Waals surface area contributed by atoms with Gasteiger partial charge in [0.15, 0.2) is 11.5 Å². The lowest BCUT2D eigenvalue weighted by molar-refractivity contribution is 0.102. The third-order valence-corrected chi connectivity index (χ3v) is 4.35. The lowest BCUT2D eigenvalue weighted by atomic mass is 10.1. The van der Waals surface area contributed by atoms with Gasteiger partial charge in [-0.25, -0.2) is 0 Å². The topological polar surface area (TPSA) is 102 Å². The van der Waals surface area contributed by atoms with E-state index in [2.05, 4.69) is 10.3 Å².